The van der Waals surface area contributed by atoms with Gasteiger partial charge in [0.2, 0.25) is 0 Å². The maximum Gasteiger partial charge on any atom is 0.342 e. The topological polar surface area (TPSA) is 98.9 Å². The quantitative estimate of drug-likeness (QED) is 0.319. The summed E-state index contributed by atoms with van der Waals surface area (Å²) in [7, 11) is 0. The smallest absolute Gasteiger partial charge is 0.342 e. The number of aromatic hydroxyl groups is 1. The second-order valence-electron chi connectivity index (χ2n) is 6.10. The van der Waals surface area contributed by atoms with Crippen molar-refractivity contribution in [2.24, 2.45) is 0 Å². The number of nitrogen functional groups attached to an aromatic ring is 1. The van der Waals surface area contributed by atoms with Crippen molar-refractivity contribution in [1.29, 1.82) is 0 Å². The fraction of sp³-hybridized carbons (Fsp3) is 0.400. The average molecular weight is 359 g/mol. The van der Waals surface area contributed by atoms with Crippen molar-refractivity contribution in [3.63, 3.8) is 0 Å². The molecule has 0 amide bonds. The lowest BCUT2D eigenvalue weighted by molar-refractivity contribution is 0.0489. The molecule has 0 fully saturated rings. The third-order valence-electron chi connectivity index (χ3n) is 4.07. The molecule has 2 aromatic rings. The number of rotatable bonds is 8. The third-order valence-corrected chi connectivity index (χ3v) is 4.07. The van der Waals surface area contributed by atoms with Gasteiger partial charge in [0.15, 0.2) is 5.75 Å². The van der Waals surface area contributed by atoms with E-state index in [0.717, 1.165) is 25.7 Å². The first kappa shape index (κ1) is 19.6. The number of phenols is 1. The van der Waals surface area contributed by atoms with Crippen LogP contribution in [0.25, 0.3) is 10.8 Å². The van der Waals surface area contributed by atoms with E-state index >= 15 is 0 Å². The van der Waals surface area contributed by atoms with Crippen LogP contribution in [0.3, 0.4) is 0 Å². The molecule has 140 valence electrons. The molecule has 0 radical (unpaired) electrons. The molecule has 0 atom stereocenters. The highest BCUT2D eigenvalue weighted by Crippen LogP contribution is 2.34. The van der Waals surface area contributed by atoms with E-state index in [1.807, 2.05) is 13.8 Å². The molecule has 0 saturated carbocycles. The Morgan fingerprint density at radius 1 is 1.00 bits per heavy atom. The molecule has 0 spiro atoms. The molecule has 0 bridgehead atoms. The summed E-state index contributed by atoms with van der Waals surface area (Å²) in [5.74, 6) is -1.38. The van der Waals surface area contributed by atoms with Crippen molar-refractivity contribution >= 4 is 28.4 Å². The monoisotopic (exact) mass is 359 g/mol. The van der Waals surface area contributed by atoms with Crippen molar-refractivity contribution in [1.82, 2.24) is 0 Å². The number of fused-ring (bicyclic) bond motifs is 1. The zero-order valence-corrected chi connectivity index (χ0v) is 15.2. The van der Waals surface area contributed by atoms with Crippen molar-refractivity contribution in [3.05, 3.63) is 35.4 Å². The van der Waals surface area contributed by atoms with E-state index in [1.54, 1.807) is 18.2 Å². The minimum absolute atomic E-state index is 0.0115. The van der Waals surface area contributed by atoms with Crippen LogP contribution >= 0.6 is 0 Å². The molecule has 0 unspecified atom stereocenters. The van der Waals surface area contributed by atoms with Gasteiger partial charge >= 0.3 is 11.9 Å². The zero-order valence-electron chi connectivity index (χ0n) is 15.2. The number of unbranched alkanes of at least 4 members (excludes halogenated alkanes) is 2. The van der Waals surface area contributed by atoms with Crippen LogP contribution in [-0.4, -0.2) is 30.3 Å². The number of carbonyl (C=O) groups is 2. The Hall–Kier alpha value is -2.76. The number of hydrogen-bond acceptors (Lipinski definition) is 6. The number of esters is 2. The number of benzene rings is 2. The van der Waals surface area contributed by atoms with Crippen LogP contribution in [0, 0.1) is 0 Å². The molecule has 0 aliphatic heterocycles. The molecule has 3 N–H and O–H groups in total. The number of phenolic OH excluding ortho intramolecular Hbond substituents is 1. The number of nitrogens with two attached hydrogens (primary N) is 1. The predicted octanol–water partition coefficient (Wildman–Crippen LogP) is 4.04. The standard InChI is InChI=1S/C20H25NO5/c1-3-5-9-25-19(23)13-7-8-15-14(11-13)12-16(18(22)17(15)21)20(24)26-10-6-4-2/h7-8,11-12,22H,3-6,9-10,21H2,1-2H3. The summed E-state index contributed by atoms with van der Waals surface area (Å²) in [6, 6.07) is 6.30. The molecule has 0 heterocycles. The number of hydrogen-bond donors (Lipinski definition) is 2. The Morgan fingerprint density at radius 2 is 1.62 bits per heavy atom. The highest BCUT2D eigenvalue weighted by Gasteiger charge is 2.19. The van der Waals surface area contributed by atoms with E-state index in [1.165, 1.54) is 6.07 Å². The van der Waals surface area contributed by atoms with Gasteiger partial charge < -0.3 is 20.3 Å². The molecule has 0 aliphatic rings. The number of carbonyl (C=O) groups excluding carboxylic acids is 2. The zero-order chi connectivity index (χ0) is 19.1. The van der Waals surface area contributed by atoms with Crippen LogP contribution in [0.2, 0.25) is 0 Å². The van der Waals surface area contributed by atoms with Gasteiger partial charge in [0.1, 0.15) is 5.56 Å². The predicted molar refractivity (Wildman–Crippen MR) is 100 cm³/mol. The first-order chi connectivity index (χ1) is 12.5. The Bertz CT molecular complexity index is 800. The van der Waals surface area contributed by atoms with Gasteiger partial charge in [-0.25, -0.2) is 9.59 Å². The van der Waals surface area contributed by atoms with Gasteiger partial charge in [-0.15, -0.1) is 0 Å². The van der Waals surface area contributed by atoms with Crippen molar-refractivity contribution in [3.8, 4) is 5.75 Å². The molecule has 6 nitrogen and oxygen atoms in total. The van der Waals surface area contributed by atoms with E-state index < -0.39 is 11.9 Å². The highest BCUT2D eigenvalue weighted by molar-refractivity contribution is 6.07. The van der Waals surface area contributed by atoms with Crippen LogP contribution in [-0.2, 0) is 9.47 Å². The minimum Gasteiger partial charge on any atom is -0.505 e. The highest BCUT2D eigenvalue weighted by atomic mass is 16.5. The Balaban J connectivity index is 2.33. The van der Waals surface area contributed by atoms with Gasteiger partial charge in [-0.1, -0.05) is 32.8 Å². The molecule has 0 aliphatic carbocycles. The maximum absolute atomic E-state index is 12.2. The summed E-state index contributed by atoms with van der Waals surface area (Å²) in [5, 5.41) is 11.3. The van der Waals surface area contributed by atoms with E-state index in [9.17, 15) is 14.7 Å². The van der Waals surface area contributed by atoms with Crippen LogP contribution in [0.15, 0.2) is 24.3 Å². The second-order valence-corrected chi connectivity index (χ2v) is 6.10. The summed E-state index contributed by atoms with van der Waals surface area (Å²) >= 11 is 0. The van der Waals surface area contributed by atoms with Gasteiger partial charge in [-0.3, -0.25) is 0 Å². The lowest BCUT2D eigenvalue weighted by Crippen LogP contribution is -2.09. The summed E-state index contributed by atoms with van der Waals surface area (Å²) in [6.45, 7) is 4.64. The van der Waals surface area contributed by atoms with Gasteiger partial charge in [0, 0.05) is 5.39 Å². The van der Waals surface area contributed by atoms with Crippen molar-refractivity contribution in [2.75, 3.05) is 18.9 Å². The van der Waals surface area contributed by atoms with Crippen LogP contribution < -0.4 is 5.73 Å². The average Bonchev–Trinajstić information content (AvgIpc) is 2.64. The molecule has 0 saturated heterocycles. The lowest BCUT2D eigenvalue weighted by Gasteiger charge is -2.12. The fourth-order valence-electron chi connectivity index (χ4n) is 2.49. The summed E-state index contributed by atoms with van der Waals surface area (Å²) in [6.07, 6.45) is 3.37. The Kier molecular flexibility index (Phi) is 6.83. The molecule has 2 aromatic carbocycles. The van der Waals surface area contributed by atoms with E-state index in [2.05, 4.69) is 0 Å². The molecule has 6 heteroatoms. The first-order valence-electron chi connectivity index (χ1n) is 8.89. The molecular formula is C20H25NO5. The molecule has 26 heavy (non-hydrogen) atoms. The fourth-order valence-corrected chi connectivity index (χ4v) is 2.49. The number of anilines is 1. The third kappa shape index (κ3) is 4.45. The van der Waals surface area contributed by atoms with Gasteiger partial charge in [-0.2, -0.15) is 0 Å². The Labute approximate surface area is 152 Å². The molecule has 0 aromatic heterocycles. The minimum atomic E-state index is -0.638. The number of ether oxygens (including phenoxy) is 2. The first-order valence-corrected chi connectivity index (χ1v) is 8.89. The summed E-state index contributed by atoms with van der Waals surface area (Å²) < 4.78 is 10.4. The van der Waals surface area contributed by atoms with E-state index in [4.69, 9.17) is 15.2 Å². The van der Waals surface area contributed by atoms with Gasteiger partial charge in [0.05, 0.1) is 24.5 Å². The van der Waals surface area contributed by atoms with E-state index in [-0.39, 0.29) is 23.6 Å². The van der Waals surface area contributed by atoms with Gasteiger partial charge in [-0.05, 0) is 36.4 Å². The Morgan fingerprint density at radius 3 is 2.23 bits per heavy atom. The second kappa shape index (κ2) is 9.08. The maximum atomic E-state index is 12.2. The summed E-state index contributed by atoms with van der Waals surface area (Å²) in [5.41, 5.74) is 6.39. The van der Waals surface area contributed by atoms with Crippen LogP contribution in [0.5, 0.6) is 5.75 Å². The van der Waals surface area contributed by atoms with Gasteiger partial charge in [0.25, 0.3) is 0 Å². The normalized spacial score (nSPS) is 10.7. The van der Waals surface area contributed by atoms with Crippen molar-refractivity contribution < 1.29 is 24.2 Å². The lowest BCUT2D eigenvalue weighted by atomic mass is 10.0. The largest absolute Gasteiger partial charge is 0.505 e. The van der Waals surface area contributed by atoms with Crippen LogP contribution in [0.4, 0.5) is 5.69 Å². The van der Waals surface area contributed by atoms with Crippen LogP contribution in [0.1, 0.15) is 60.2 Å². The molecule has 2 rings (SSSR count). The van der Waals surface area contributed by atoms with E-state index in [0.29, 0.717) is 22.9 Å². The molecular weight excluding hydrogens is 334 g/mol. The summed E-state index contributed by atoms with van der Waals surface area (Å²) in [4.78, 5) is 24.3. The van der Waals surface area contributed by atoms with Crippen molar-refractivity contribution in [2.45, 2.75) is 39.5 Å². The SMILES string of the molecule is CCCCOC(=O)c1ccc2c(N)c(O)c(C(=O)OCCCC)cc2c1.